The van der Waals surface area contributed by atoms with Crippen molar-refractivity contribution < 1.29 is 0 Å². The second kappa shape index (κ2) is 9.18. The number of benzene rings is 1. The molecule has 0 aromatic heterocycles. The van der Waals surface area contributed by atoms with Crippen LogP contribution in [0.3, 0.4) is 0 Å². The molecular weight excluding hydrogens is 228 g/mol. The number of hydrogen-bond acceptors (Lipinski definition) is 0. The lowest BCUT2D eigenvalue weighted by Gasteiger charge is -2.20. The van der Waals surface area contributed by atoms with E-state index in [-0.39, 0.29) is 7.43 Å². The SMILES string of the molecule is C.CC.Cc1c(C(C)C)cc(C(C)C)cc1C(C)C. The van der Waals surface area contributed by atoms with E-state index in [2.05, 4.69) is 60.6 Å². The van der Waals surface area contributed by atoms with E-state index in [0.29, 0.717) is 17.8 Å². The highest BCUT2D eigenvalue weighted by Crippen LogP contribution is 2.31. The van der Waals surface area contributed by atoms with E-state index in [4.69, 9.17) is 0 Å². The summed E-state index contributed by atoms with van der Waals surface area (Å²) >= 11 is 0. The van der Waals surface area contributed by atoms with Gasteiger partial charge in [-0.05, 0) is 46.9 Å². The summed E-state index contributed by atoms with van der Waals surface area (Å²) in [7, 11) is 0. The molecule has 0 radical (unpaired) electrons. The third-order valence-corrected chi connectivity index (χ3v) is 3.42. The Bertz CT molecular complexity index is 327. The molecule has 0 heterocycles. The second-order valence-electron chi connectivity index (χ2n) is 5.79. The van der Waals surface area contributed by atoms with Gasteiger partial charge in [-0.25, -0.2) is 0 Å². The van der Waals surface area contributed by atoms with Crippen LogP contribution in [0.15, 0.2) is 12.1 Å². The van der Waals surface area contributed by atoms with E-state index in [1.54, 1.807) is 0 Å². The van der Waals surface area contributed by atoms with Crippen LogP contribution in [0.1, 0.15) is 103 Å². The van der Waals surface area contributed by atoms with Gasteiger partial charge in [-0.1, -0.05) is 74.9 Å². The van der Waals surface area contributed by atoms with Crippen LogP contribution < -0.4 is 0 Å². The maximum Gasteiger partial charge on any atom is -0.0216 e. The third kappa shape index (κ3) is 5.38. The Kier molecular flexibility index (Phi) is 9.92. The summed E-state index contributed by atoms with van der Waals surface area (Å²) in [5.74, 6) is 1.86. The van der Waals surface area contributed by atoms with E-state index in [9.17, 15) is 0 Å². The van der Waals surface area contributed by atoms with Gasteiger partial charge in [0.15, 0.2) is 0 Å². The predicted molar refractivity (Wildman–Crippen MR) is 91.5 cm³/mol. The Morgan fingerprint density at radius 2 is 1.00 bits per heavy atom. The molecule has 1 aromatic rings. The van der Waals surface area contributed by atoms with Crippen molar-refractivity contribution in [2.75, 3.05) is 0 Å². The monoisotopic (exact) mass is 264 g/mol. The van der Waals surface area contributed by atoms with E-state index in [0.717, 1.165) is 0 Å². The minimum atomic E-state index is 0. The third-order valence-electron chi connectivity index (χ3n) is 3.42. The van der Waals surface area contributed by atoms with E-state index in [1.807, 2.05) is 13.8 Å². The summed E-state index contributed by atoms with van der Waals surface area (Å²) in [6.45, 7) is 20.0. The Morgan fingerprint density at radius 1 is 0.684 bits per heavy atom. The molecule has 0 saturated carbocycles. The molecule has 0 aliphatic heterocycles. The standard InChI is InChI=1S/C16H26.C2H6.CH4/c1-10(2)14-8-15(11(3)4)13(7)16(9-14)12(5)6;1-2;/h8-12H,1-7H3;1-2H3;1H4. The van der Waals surface area contributed by atoms with Crippen LogP contribution in [0.2, 0.25) is 0 Å². The first kappa shape index (κ1) is 20.5. The summed E-state index contributed by atoms with van der Waals surface area (Å²) in [4.78, 5) is 0. The van der Waals surface area contributed by atoms with E-state index < -0.39 is 0 Å². The van der Waals surface area contributed by atoms with Crippen molar-refractivity contribution in [1.29, 1.82) is 0 Å². The zero-order valence-electron chi connectivity index (χ0n) is 13.9. The number of hydrogen-bond donors (Lipinski definition) is 0. The van der Waals surface area contributed by atoms with Gasteiger partial charge in [0, 0.05) is 0 Å². The molecule has 112 valence electrons. The predicted octanol–water partition coefficient (Wildman–Crippen LogP) is 7.03. The van der Waals surface area contributed by atoms with Crippen molar-refractivity contribution in [3.8, 4) is 0 Å². The van der Waals surface area contributed by atoms with Crippen molar-refractivity contribution in [3.05, 3.63) is 34.4 Å². The molecule has 0 nitrogen and oxygen atoms in total. The summed E-state index contributed by atoms with van der Waals surface area (Å²) < 4.78 is 0. The van der Waals surface area contributed by atoms with Crippen LogP contribution in [-0.4, -0.2) is 0 Å². The molecule has 0 atom stereocenters. The maximum absolute atomic E-state index is 2.40. The highest BCUT2D eigenvalue weighted by Gasteiger charge is 2.13. The molecule has 0 spiro atoms. The van der Waals surface area contributed by atoms with Crippen LogP contribution in [0.25, 0.3) is 0 Å². The minimum Gasteiger partial charge on any atom is -0.0776 e. The Hall–Kier alpha value is -0.780. The molecule has 0 bridgehead atoms. The highest BCUT2D eigenvalue weighted by molar-refractivity contribution is 5.42. The van der Waals surface area contributed by atoms with Gasteiger partial charge in [-0.3, -0.25) is 0 Å². The topological polar surface area (TPSA) is 0 Å². The van der Waals surface area contributed by atoms with Crippen molar-refractivity contribution in [2.24, 2.45) is 0 Å². The van der Waals surface area contributed by atoms with Gasteiger partial charge in [0.05, 0.1) is 0 Å². The fourth-order valence-corrected chi connectivity index (χ4v) is 2.32. The molecule has 1 rings (SSSR count). The Labute approximate surface area is 122 Å². The van der Waals surface area contributed by atoms with Gasteiger partial charge in [0.2, 0.25) is 0 Å². The van der Waals surface area contributed by atoms with Gasteiger partial charge in [-0.2, -0.15) is 0 Å². The van der Waals surface area contributed by atoms with Gasteiger partial charge in [-0.15, -0.1) is 0 Å². The second-order valence-corrected chi connectivity index (χ2v) is 5.79. The molecule has 19 heavy (non-hydrogen) atoms. The molecule has 0 heteroatoms. The van der Waals surface area contributed by atoms with Crippen LogP contribution in [-0.2, 0) is 0 Å². The van der Waals surface area contributed by atoms with Crippen LogP contribution in [0.5, 0.6) is 0 Å². The molecular formula is C19H36. The molecule has 1 aromatic carbocycles. The molecule has 0 aliphatic rings. The van der Waals surface area contributed by atoms with Gasteiger partial charge >= 0.3 is 0 Å². The largest absolute Gasteiger partial charge is 0.0776 e. The lowest BCUT2D eigenvalue weighted by molar-refractivity contribution is 0.792. The smallest absolute Gasteiger partial charge is 0.0216 e. The summed E-state index contributed by atoms with van der Waals surface area (Å²) in [6.07, 6.45) is 0. The molecule has 0 amide bonds. The van der Waals surface area contributed by atoms with Gasteiger partial charge in [0.25, 0.3) is 0 Å². The normalized spacial score (nSPS) is 10.3. The first-order chi connectivity index (χ1) is 8.34. The van der Waals surface area contributed by atoms with Crippen LogP contribution in [0, 0.1) is 6.92 Å². The highest BCUT2D eigenvalue weighted by atomic mass is 14.2. The summed E-state index contributed by atoms with van der Waals surface area (Å²) in [5, 5.41) is 0. The van der Waals surface area contributed by atoms with Crippen molar-refractivity contribution in [2.45, 2.75) is 87.5 Å². The summed E-state index contributed by atoms with van der Waals surface area (Å²) in [6, 6.07) is 4.80. The zero-order chi connectivity index (χ0) is 14.5. The number of rotatable bonds is 3. The lowest BCUT2D eigenvalue weighted by atomic mass is 9.85. The van der Waals surface area contributed by atoms with Crippen LogP contribution in [0.4, 0.5) is 0 Å². The van der Waals surface area contributed by atoms with E-state index in [1.165, 1.54) is 22.3 Å². The zero-order valence-corrected chi connectivity index (χ0v) is 13.9. The Morgan fingerprint density at radius 3 is 1.21 bits per heavy atom. The van der Waals surface area contributed by atoms with Gasteiger partial charge < -0.3 is 0 Å². The molecule has 0 unspecified atom stereocenters. The first-order valence-electron chi connectivity index (χ1n) is 7.48. The van der Waals surface area contributed by atoms with Crippen LogP contribution >= 0.6 is 0 Å². The van der Waals surface area contributed by atoms with Crippen molar-refractivity contribution >= 4 is 0 Å². The Balaban J connectivity index is 0. The average Bonchev–Trinajstić information content (AvgIpc) is 2.30. The van der Waals surface area contributed by atoms with Gasteiger partial charge in [0.1, 0.15) is 0 Å². The average molecular weight is 264 g/mol. The fraction of sp³-hybridized carbons (Fsp3) is 0.684. The lowest BCUT2D eigenvalue weighted by Crippen LogP contribution is -2.03. The van der Waals surface area contributed by atoms with Crippen molar-refractivity contribution in [3.63, 3.8) is 0 Å². The summed E-state index contributed by atoms with van der Waals surface area (Å²) in [5.41, 5.74) is 6.03. The van der Waals surface area contributed by atoms with E-state index >= 15 is 0 Å². The molecule has 0 aliphatic carbocycles. The fourth-order valence-electron chi connectivity index (χ4n) is 2.32. The first-order valence-corrected chi connectivity index (χ1v) is 7.48. The van der Waals surface area contributed by atoms with Crippen molar-refractivity contribution in [1.82, 2.24) is 0 Å². The molecule has 0 fully saturated rings. The quantitative estimate of drug-likeness (QED) is 0.550. The minimum absolute atomic E-state index is 0. The maximum atomic E-state index is 2.40. The molecule has 0 saturated heterocycles. The molecule has 0 N–H and O–H groups in total.